The number of benzene rings is 1. The van der Waals surface area contributed by atoms with E-state index in [2.05, 4.69) is 17.4 Å². The van der Waals surface area contributed by atoms with Gasteiger partial charge in [-0.2, -0.15) is 0 Å². The number of carbonyl (C=O) groups excluding carboxylic acids is 2. The van der Waals surface area contributed by atoms with Crippen molar-refractivity contribution in [2.45, 2.75) is 45.6 Å². The van der Waals surface area contributed by atoms with Gasteiger partial charge in [-0.3, -0.25) is 9.59 Å². The van der Waals surface area contributed by atoms with Crippen LogP contribution in [0.4, 0.5) is 0 Å². The molecule has 1 N–H and O–H groups in total. The fourth-order valence-electron chi connectivity index (χ4n) is 3.74. The molecule has 2 aromatic rings. The van der Waals surface area contributed by atoms with Crippen molar-refractivity contribution in [2.24, 2.45) is 5.92 Å². The van der Waals surface area contributed by atoms with Crippen molar-refractivity contribution in [2.75, 3.05) is 19.7 Å². The van der Waals surface area contributed by atoms with Crippen LogP contribution < -0.4 is 10.1 Å². The first-order valence-corrected chi connectivity index (χ1v) is 10.4. The van der Waals surface area contributed by atoms with E-state index in [-0.39, 0.29) is 11.8 Å². The summed E-state index contributed by atoms with van der Waals surface area (Å²) in [6.07, 6.45) is 7.00. The molecule has 0 bridgehead atoms. The maximum Gasteiger partial charge on any atom is 0.255 e. The van der Waals surface area contributed by atoms with E-state index in [1.807, 2.05) is 24.0 Å². The maximum atomic E-state index is 12.7. The number of piperidine rings is 1. The first-order valence-electron chi connectivity index (χ1n) is 10.4. The molecule has 2 amide bonds. The monoisotopic (exact) mass is 398 g/mol. The third kappa shape index (κ3) is 5.86. The lowest BCUT2D eigenvalue weighted by molar-refractivity contribution is -0.134. The first kappa shape index (κ1) is 21.0. The summed E-state index contributed by atoms with van der Waals surface area (Å²) in [6, 6.07) is 9.36. The third-order valence-electron chi connectivity index (χ3n) is 5.50. The molecule has 0 saturated carbocycles. The number of amides is 2. The predicted octanol–water partition coefficient (Wildman–Crippen LogP) is 3.67. The third-order valence-corrected chi connectivity index (χ3v) is 5.50. The molecule has 29 heavy (non-hydrogen) atoms. The van der Waals surface area contributed by atoms with E-state index in [0.29, 0.717) is 18.1 Å². The first-order chi connectivity index (χ1) is 14.1. The SMILES string of the molecule is CCOc1ccc(CCC2CCN(C(=O)C(C)NC(=O)c3ccoc3)CC2)cc1. The van der Waals surface area contributed by atoms with Crippen LogP contribution in [-0.4, -0.2) is 42.5 Å². The fraction of sp³-hybridized carbons (Fsp3) is 0.478. The van der Waals surface area contributed by atoms with Gasteiger partial charge in [0.15, 0.2) is 0 Å². The maximum absolute atomic E-state index is 12.7. The number of rotatable bonds is 8. The molecular weight excluding hydrogens is 368 g/mol. The minimum Gasteiger partial charge on any atom is -0.494 e. The molecule has 6 nitrogen and oxygen atoms in total. The highest BCUT2D eigenvalue weighted by Gasteiger charge is 2.27. The van der Waals surface area contributed by atoms with E-state index in [0.717, 1.165) is 44.5 Å². The van der Waals surface area contributed by atoms with Crippen molar-refractivity contribution in [1.29, 1.82) is 0 Å². The van der Waals surface area contributed by atoms with Crippen molar-refractivity contribution in [3.8, 4) is 5.75 Å². The molecular formula is C23H30N2O4. The molecule has 0 radical (unpaired) electrons. The van der Waals surface area contributed by atoms with Crippen LogP contribution in [-0.2, 0) is 11.2 Å². The molecule has 156 valence electrons. The van der Waals surface area contributed by atoms with Crippen LogP contribution in [0, 0.1) is 5.92 Å². The van der Waals surface area contributed by atoms with Crippen LogP contribution in [0.25, 0.3) is 0 Å². The summed E-state index contributed by atoms with van der Waals surface area (Å²) in [5.41, 5.74) is 1.75. The quantitative estimate of drug-likeness (QED) is 0.736. The van der Waals surface area contributed by atoms with Gasteiger partial charge in [0.2, 0.25) is 5.91 Å². The van der Waals surface area contributed by atoms with Gasteiger partial charge in [-0.25, -0.2) is 0 Å². The number of nitrogens with zero attached hydrogens (tertiary/aromatic N) is 1. The Morgan fingerprint density at radius 1 is 1.21 bits per heavy atom. The van der Waals surface area contributed by atoms with Gasteiger partial charge in [-0.15, -0.1) is 0 Å². The highest BCUT2D eigenvalue weighted by molar-refractivity contribution is 5.97. The summed E-state index contributed by atoms with van der Waals surface area (Å²) in [5, 5.41) is 2.75. The van der Waals surface area contributed by atoms with Gasteiger partial charge in [-0.1, -0.05) is 12.1 Å². The van der Waals surface area contributed by atoms with Gasteiger partial charge in [-0.05, 0) is 69.2 Å². The van der Waals surface area contributed by atoms with E-state index in [1.165, 1.54) is 18.1 Å². The zero-order valence-corrected chi connectivity index (χ0v) is 17.2. The van der Waals surface area contributed by atoms with Gasteiger partial charge in [0, 0.05) is 13.1 Å². The van der Waals surface area contributed by atoms with Crippen molar-refractivity contribution in [1.82, 2.24) is 10.2 Å². The number of carbonyl (C=O) groups is 2. The van der Waals surface area contributed by atoms with E-state index < -0.39 is 6.04 Å². The number of hydrogen-bond donors (Lipinski definition) is 1. The van der Waals surface area contributed by atoms with Crippen LogP contribution in [0.5, 0.6) is 5.75 Å². The number of ether oxygens (including phenoxy) is 1. The minimum absolute atomic E-state index is 0.0215. The number of nitrogens with one attached hydrogen (secondary N) is 1. The Labute approximate surface area is 172 Å². The van der Waals surface area contributed by atoms with Gasteiger partial charge in [0.1, 0.15) is 18.1 Å². The molecule has 2 heterocycles. The molecule has 1 aromatic heterocycles. The smallest absolute Gasteiger partial charge is 0.255 e. The number of furan rings is 1. The average molecular weight is 399 g/mol. The van der Waals surface area contributed by atoms with Crippen molar-refractivity contribution >= 4 is 11.8 Å². The van der Waals surface area contributed by atoms with Gasteiger partial charge >= 0.3 is 0 Å². The Hall–Kier alpha value is -2.76. The summed E-state index contributed by atoms with van der Waals surface area (Å²) < 4.78 is 10.4. The van der Waals surface area contributed by atoms with Crippen molar-refractivity contribution < 1.29 is 18.7 Å². The largest absolute Gasteiger partial charge is 0.494 e. The standard InChI is InChI=1S/C23H30N2O4/c1-3-29-21-8-6-18(7-9-21)4-5-19-10-13-25(14-11-19)23(27)17(2)24-22(26)20-12-15-28-16-20/h6-9,12,15-17,19H,3-5,10-11,13-14H2,1-2H3,(H,24,26). The summed E-state index contributed by atoms with van der Waals surface area (Å²) in [7, 11) is 0. The second kappa shape index (κ2) is 10.1. The molecule has 1 aliphatic heterocycles. The van der Waals surface area contributed by atoms with Gasteiger partial charge in [0.05, 0.1) is 18.4 Å². The predicted molar refractivity (Wildman–Crippen MR) is 111 cm³/mol. The molecule has 0 aliphatic carbocycles. The lowest BCUT2D eigenvalue weighted by Gasteiger charge is -2.33. The summed E-state index contributed by atoms with van der Waals surface area (Å²) >= 11 is 0. The zero-order valence-electron chi connectivity index (χ0n) is 17.2. The van der Waals surface area contributed by atoms with E-state index in [4.69, 9.17) is 9.15 Å². The number of hydrogen-bond acceptors (Lipinski definition) is 4. The van der Waals surface area contributed by atoms with Crippen LogP contribution in [0.1, 0.15) is 49.0 Å². The van der Waals surface area contributed by atoms with Crippen molar-refractivity contribution in [3.63, 3.8) is 0 Å². The Kier molecular flexibility index (Phi) is 7.33. The molecule has 1 saturated heterocycles. The Bertz CT molecular complexity index is 778. The molecule has 1 atom stereocenters. The van der Waals surface area contributed by atoms with Gasteiger partial charge < -0.3 is 19.4 Å². The highest BCUT2D eigenvalue weighted by Crippen LogP contribution is 2.23. The highest BCUT2D eigenvalue weighted by atomic mass is 16.5. The lowest BCUT2D eigenvalue weighted by Crippen LogP contribution is -2.49. The van der Waals surface area contributed by atoms with Crippen LogP contribution in [0.15, 0.2) is 47.3 Å². The lowest BCUT2D eigenvalue weighted by atomic mass is 9.90. The normalized spacial score (nSPS) is 15.7. The van der Waals surface area contributed by atoms with Gasteiger partial charge in [0.25, 0.3) is 5.91 Å². The van der Waals surface area contributed by atoms with E-state index in [9.17, 15) is 9.59 Å². The number of likely N-dealkylation sites (tertiary alicyclic amines) is 1. The molecule has 1 fully saturated rings. The Morgan fingerprint density at radius 2 is 1.93 bits per heavy atom. The van der Waals surface area contributed by atoms with Crippen molar-refractivity contribution in [3.05, 3.63) is 54.0 Å². The Morgan fingerprint density at radius 3 is 2.55 bits per heavy atom. The Balaban J connectivity index is 1.40. The van der Waals surface area contributed by atoms with Crippen LogP contribution in [0.3, 0.4) is 0 Å². The summed E-state index contributed by atoms with van der Waals surface area (Å²) in [5.74, 6) is 1.23. The molecule has 6 heteroatoms. The molecule has 0 spiro atoms. The average Bonchev–Trinajstić information content (AvgIpc) is 3.28. The molecule has 1 aromatic carbocycles. The van der Waals surface area contributed by atoms with Crippen LogP contribution in [0.2, 0.25) is 0 Å². The second-order valence-electron chi connectivity index (χ2n) is 7.59. The molecule has 1 aliphatic rings. The van der Waals surface area contributed by atoms with E-state index >= 15 is 0 Å². The topological polar surface area (TPSA) is 71.8 Å². The van der Waals surface area contributed by atoms with Crippen LogP contribution >= 0.6 is 0 Å². The summed E-state index contributed by atoms with van der Waals surface area (Å²) in [4.78, 5) is 26.6. The minimum atomic E-state index is -0.544. The molecule has 3 rings (SSSR count). The zero-order chi connectivity index (χ0) is 20.6. The molecule has 1 unspecified atom stereocenters. The fourth-order valence-corrected chi connectivity index (χ4v) is 3.74. The summed E-state index contributed by atoms with van der Waals surface area (Å²) in [6.45, 7) is 5.90. The number of aryl methyl sites for hydroxylation is 1. The van der Waals surface area contributed by atoms with E-state index in [1.54, 1.807) is 13.0 Å². The second-order valence-corrected chi connectivity index (χ2v) is 7.59.